The van der Waals surface area contributed by atoms with E-state index in [0.717, 1.165) is 25.7 Å². The highest BCUT2D eigenvalue weighted by atomic mass is 15.2. The molecule has 0 unspecified atom stereocenters. The lowest BCUT2D eigenvalue weighted by Crippen LogP contribution is -2.39. The normalized spacial score (nSPS) is 17.1. The van der Waals surface area contributed by atoms with Crippen molar-refractivity contribution in [2.45, 2.75) is 64.5 Å². The summed E-state index contributed by atoms with van der Waals surface area (Å²) in [7, 11) is 0. The summed E-state index contributed by atoms with van der Waals surface area (Å²) < 4.78 is 0. The Morgan fingerprint density at radius 3 is 2.30 bits per heavy atom. The van der Waals surface area contributed by atoms with Crippen molar-refractivity contribution in [2.24, 2.45) is 5.73 Å². The zero-order valence-electron chi connectivity index (χ0n) is 13.1. The lowest BCUT2D eigenvalue weighted by Gasteiger charge is -2.34. The van der Waals surface area contributed by atoms with Crippen LogP contribution >= 0.6 is 0 Å². The number of nitrogens with two attached hydrogens (primary N) is 1. The van der Waals surface area contributed by atoms with Crippen LogP contribution < -0.4 is 5.73 Å². The second kappa shape index (κ2) is 7.80. The number of hydrogen-bond donors (Lipinski definition) is 1. The molecule has 2 rings (SSSR count). The fourth-order valence-corrected chi connectivity index (χ4v) is 3.25. The van der Waals surface area contributed by atoms with Gasteiger partial charge in [0.1, 0.15) is 0 Å². The molecule has 1 aromatic rings. The van der Waals surface area contributed by atoms with Crippen molar-refractivity contribution in [2.75, 3.05) is 13.1 Å². The molecule has 1 aromatic carbocycles. The van der Waals surface area contributed by atoms with Crippen LogP contribution in [-0.4, -0.2) is 24.0 Å². The van der Waals surface area contributed by atoms with Crippen LogP contribution in [0, 0.1) is 0 Å². The minimum absolute atomic E-state index is 0.613. The summed E-state index contributed by atoms with van der Waals surface area (Å²) in [4.78, 5) is 2.60. The fraction of sp³-hybridized carbons (Fsp3) is 0.667. The van der Waals surface area contributed by atoms with E-state index in [0.29, 0.717) is 5.92 Å². The first-order valence-electron chi connectivity index (χ1n) is 8.23. The minimum Gasteiger partial charge on any atom is -0.329 e. The average Bonchev–Trinajstić information content (AvgIpc) is 2.48. The van der Waals surface area contributed by atoms with Gasteiger partial charge >= 0.3 is 0 Å². The van der Waals surface area contributed by atoms with Gasteiger partial charge in [-0.25, -0.2) is 0 Å². The molecule has 0 heterocycles. The molecule has 1 aliphatic rings. The number of hydrogen-bond acceptors (Lipinski definition) is 2. The molecule has 0 atom stereocenters. The van der Waals surface area contributed by atoms with Crippen molar-refractivity contribution in [3.8, 4) is 0 Å². The van der Waals surface area contributed by atoms with Crippen molar-refractivity contribution in [1.82, 2.24) is 4.90 Å². The Hall–Kier alpha value is -0.860. The molecule has 0 aromatic heterocycles. The summed E-state index contributed by atoms with van der Waals surface area (Å²) in [5.74, 6) is 0.613. The Labute approximate surface area is 124 Å². The highest BCUT2D eigenvalue weighted by Gasteiger charge is 2.20. The van der Waals surface area contributed by atoms with Gasteiger partial charge in [0.15, 0.2) is 0 Å². The second-order valence-corrected chi connectivity index (χ2v) is 6.45. The predicted octanol–water partition coefficient (Wildman–Crippen LogP) is 3.90. The smallest absolute Gasteiger partial charge is 0.0237 e. The van der Waals surface area contributed by atoms with E-state index in [1.807, 2.05) is 0 Å². The van der Waals surface area contributed by atoms with Gasteiger partial charge in [0.2, 0.25) is 0 Å². The topological polar surface area (TPSA) is 29.3 Å². The van der Waals surface area contributed by atoms with Crippen molar-refractivity contribution in [3.05, 3.63) is 35.4 Å². The summed E-state index contributed by atoms with van der Waals surface area (Å²) in [6.07, 6.45) is 6.89. The molecule has 112 valence electrons. The van der Waals surface area contributed by atoms with Gasteiger partial charge in [0.25, 0.3) is 0 Å². The lowest BCUT2D eigenvalue weighted by molar-refractivity contribution is 0.152. The third kappa shape index (κ3) is 4.32. The molecule has 0 radical (unpaired) electrons. The van der Waals surface area contributed by atoms with Crippen molar-refractivity contribution in [3.63, 3.8) is 0 Å². The average molecular weight is 274 g/mol. The van der Waals surface area contributed by atoms with Gasteiger partial charge in [-0.3, -0.25) is 4.90 Å². The summed E-state index contributed by atoms with van der Waals surface area (Å²) in [5.41, 5.74) is 8.66. The number of nitrogens with zero attached hydrogens (tertiary/aromatic N) is 1. The van der Waals surface area contributed by atoms with E-state index in [4.69, 9.17) is 5.73 Å². The quantitative estimate of drug-likeness (QED) is 0.852. The van der Waals surface area contributed by atoms with Gasteiger partial charge in [-0.05, 0) is 29.9 Å². The van der Waals surface area contributed by atoms with Crippen LogP contribution in [0.15, 0.2) is 24.3 Å². The molecule has 1 aliphatic carbocycles. The van der Waals surface area contributed by atoms with Gasteiger partial charge in [-0.2, -0.15) is 0 Å². The molecular weight excluding hydrogens is 244 g/mol. The van der Waals surface area contributed by atoms with Crippen molar-refractivity contribution >= 4 is 0 Å². The van der Waals surface area contributed by atoms with Crippen LogP contribution in [0.3, 0.4) is 0 Å². The van der Waals surface area contributed by atoms with E-state index in [9.17, 15) is 0 Å². The molecule has 20 heavy (non-hydrogen) atoms. The van der Waals surface area contributed by atoms with Crippen LogP contribution in [0.5, 0.6) is 0 Å². The summed E-state index contributed by atoms with van der Waals surface area (Å²) in [6, 6.07) is 9.89. The molecule has 1 fully saturated rings. The van der Waals surface area contributed by atoms with E-state index in [2.05, 4.69) is 43.0 Å². The Morgan fingerprint density at radius 1 is 1.10 bits per heavy atom. The van der Waals surface area contributed by atoms with Gasteiger partial charge in [0, 0.05) is 25.7 Å². The van der Waals surface area contributed by atoms with Crippen LogP contribution in [0.1, 0.15) is 63.0 Å². The van der Waals surface area contributed by atoms with Gasteiger partial charge in [-0.1, -0.05) is 57.4 Å². The molecule has 0 saturated heterocycles. The van der Waals surface area contributed by atoms with Crippen LogP contribution in [0.25, 0.3) is 0 Å². The standard InChI is InChI=1S/C18H30N2/c1-15(2)17-10-8-16(9-11-17)14-20(13-12-19)18-6-4-3-5-7-18/h8-11,15,18H,3-7,12-14,19H2,1-2H3. The van der Waals surface area contributed by atoms with Gasteiger partial charge in [0.05, 0.1) is 0 Å². The monoisotopic (exact) mass is 274 g/mol. The first-order valence-corrected chi connectivity index (χ1v) is 8.23. The molecule has 0 spiro atoms. The predicted molar refractivity (Wildman–Crippen MR) is 86.9 cm³/mol. The van der Waals surface area contributed by atoms with Crippen LogP contribution in [0.2, 0.25) is 0 Å². The summed E-state index contributed by atoms with van der Waals surface area (Å²) in [6.45, 7) is 7.34. The first-order chi connectivity index (χ1) is 9.70. The largest absolute Gasteiger partial charge is 0.329 e. The SMILES string of the molecule is CC(C)c1ccc(CN(CCN)C2CCCCC2)cc1. The van der Waals surface area contributed by atoms with Crippen LogP contribution in [0.4, 0.5) is 0 Å². The minimum atomic E-state index is 0.613. The van der Waals surface area contributed by atoms with E-state index in [1.54, 1.807) is 0 Å². The highest BCUT2D eigenvalue weighted by molar-refractivity contribution is 5.24. The maximum absolute atomic E-state index is 5.81. The molecule has 2 N–H and O–H groups in total. The van der Waals surface area contributed by atoms with Gasteiger partial charge in [-0.15, -0.1) is 0 Å². The molecular formula is C18H30N2. The lowest BCUT2D eigenvalue weighted by atomic mass is 9.93. The number of benzene rings is 1. The van der Waals surface area contributed by atoms with E-state index in [-0.39, 0.29) is 0 Å². The Morgan fingerprint density at radius 2 is 1.75 bits per heavy atom. The fourth-order valence-electron chi connectivity index (χ4n) is 3.25. The zero-order chi connectivity index (χ0) is 14.4. The van der Waals surface area contributed by atoms with E-state index in [1.165, 1.54) is 43.2 Å². The molecule has 2 nitrogen and oxygen atoms in total. The van der Waals surface area contributed by atoms with Crippen molar-refractivity contribution in [1.29, 1.82) is 0 Å². The zero-order valence-corrected chi connectivity index (χ0v) is 13.1. The first kappa shape index (κ1) is 15.5. The second-order valence-electron chi connectivity index (χ2n) is 6.45. The molecule has 2 heteroatoms. The third-order valence-corrected chi connectivity index (χ3v) is 4.54. The maximum atomic E-state index is 5.81. The summed E-state index contributed by atoms with van der Waals surface area (Å²) in [5, 5.41) is 0. The third-order valence-electron chi connectivity index (χ3n) is 4.54. The van der Waals surface area contributed by atoms with E-state index >= 15 is 0 Å². The van der Waals surface area contributed by atoms with E-state index < -0.39 is 0 Å². The van der Waals surface area contributed by atoms with Crippen LogP contribution in [-0.2, 0) is 6.54 Å². The Kier molecular flexibility index (Phi) is 6.06. The molecule has 0 amide bonds. The van der Waals surface area contributed by atoms with Crippen molar-refractivity contribution < 1.29 is 0 Å². The molecule has 0 bridgehead atoms. The number of rotatable bonds is 6. The Balaban J connectivity index is 1.99. The highest BCUT2D eigenvalue weighted by Crippen LogP contribution is 2.24. The van der Waals surface area contributed by atoms with Gasteiger partial charge < -0.3 is 5.73 Å². The Bertz CT molecular complexity index is 377. The summed E-state index contributed by atoms with van der Waals surface area (Å²) >= 11 is 0. The molecule has 1 saturated carbocycles. The maximum Gasteiger partial charge on any atom is 0.0237 e. The molecule has 0 aliphatic heterocycles.